The van der Waals surface area contributed by atoms with Gasteiger partial charge < -0.3 is 9.47 Å². The van der Waals surface area contributed by atoms with Crippen LogP contribution in [0, 0.1) is 6.92 Å². The molecule has 0 spiro atoms. The van der Waals surface area contributed by atoms with Crippen molar-refractivity contribution in [2.24, 2.45) is 4.99 Å². The first-order valence-corrected chi connectivity index (χ1v) is 12.7. The van der Waals surface area contributed by atoms with E-state index in [1.54, 1.807) is 24.5 Å². The molecule has 0 bridgehead atoms. The van der Waals surface area contributed by atoms with Crippen molar-refractivity contribution in [1.29, 1.82) is 0 Å². The number of thiazole rings is 1. The second kappa shape index (κ2) is 10.6. The summed E-state index contributed by atoms with van der Waals surface area (Å²) in [5, 5.41) is 0. The Morgan fingerprint density at radius 3 is 2.63 bits per heavy atom. The highest BCUT2D eigenvalue weighted by Gasteiger charge is 2.33. The van der Waals surface area contributed by atoms with Crippen molar-refractivity contribution < 1.29 is 14.3 Å². The van der Waals surface area contributed by atoms with E-state index < -0.39 is 12.0 Å². The van der Waals surface area contributed by atoms with Crippen LogP contribution in [0.2, 0.25) is 0 Å². The Balaban J connectivity index is 1.89. The molecule has 6 nitrogen and oxygen atoms in total. The van der Waals surface area contributed by atoms with Crippen molar-refractivity contribution in [1.82, 2.24) is 4.57 Å². The van der Waals surface area contributed by atoms with Crippen LogP contribution in [0.3, 0.4) is 0 Å². The van der Waals surface area contributed by atoms with Crippen molar-refractivity contribution in [3.05, 3.63) is 107 Å². The van der Waals surface area contributed by atoms with Gasteiger partial charge in [-0.25, -0.2) is 9.79 Å². The Hall–Kier alpha value is -3.23. The Kier molecular flexibility index (Phi) is 7.52. The zero-order valence-corrected chi connectivity index (χ0v) is 22.1. The summed E-state index contributed by atoms with van der Waals surface area (Å²) in [7, 11) is 0. The predicted octanol–water partition coefficient (Wildman–Crippen LogP) is 4.43. The lowest BCUT2D eigenvalue weighted by atomic mass is 9.96. The molecule has 1 aliphatic heterocycles. The van der Waals surface area contributed by atoms with E-state index in [9.17, 15) is 9.59 Å². The van der Waals surface area contributed by atoms with E-state index in [0.29, 0.717) is 33.0 Å². The minimum Gasteiger partial charge on any atom is -0.490 e. The number of carbonyl (C=O) groups is 1. The number of aryl methyl sites for hydroxylation is 1. The summed E-state index contributed by atoms with van der Waals surface area (Å²) in [5.41, 5.74) is 3.44. The molecule has 180 valence electrons. The number of allylic oxidation sites excluding steroid dienone is 1. The molecule has 4 rings (SSSR count). The number of halogens is 1. The molecule has 1 unspecified atom stereocenters. The highest BCUT2D eigenvalue weighted by Crippen LogP contribution is 2.31. The summed E-state index contributed by atoms with van der Waals surface area (Å²) in [6, 6.07) is 12.6. The molecule has 0 N–H and O–H groups in total. The van der Waals surface area contributed by atoms with Gasteiger partial charge in [0.1, 0.15) is 12.4 Å². The molecule has 0 saturated heterocycles. The number of benzene rings is 2. The molecule has 0 aliphatic carbocycles. The fraction of sp³-hybridized carbons (Fsp3) is 0.222. The average molecular weight is 553 g/mol. The lowest BCUT2D eigenvalue weighted by Gasteiger charge is -2.24. The van der Waals surface area contributed by atoms with Crippen LogP contribution in [0.1, 0.15) is 36.6 Å². The third kappa shape index (κ3) is 5.09. The van der Waals surface area contributed by atoms with Gasteiger partial charge in [-0.3, -0.25) is 9.36 Å². The predicted molar refractivity (Wildman–Crippen MR) is 141 cm³/mol. The number of hydrogen-bond acceptors (Lipinski definition) is 6. The number of carbonyl (C=O) groups excluding carboxylic acids is 1. The Labute approximate surface area is 215 Å². The van der Waals surface area contributed by atoms with Gasteiger partial charge in [-0.2, -0.15) is 0 Å². The van der Waals surface area contributed by atoms with Crippen LogP contribution in [0.5, 0.6) is 5.75 Å². The fourth-order valence-electron chi connectivity index (χ4n) is 3.86. The molecule has 2 heterocycles. The molecule has 2 aromatic carbocycles. The van der Waals surface area contributed by atoms with E-state index in [2.05, 4.69) is 27.5 Å². The Bertz CT molecular complexity index is 1500. The summed E-state index contributed by atoms with van der Waals surface area (Å²) in [5.74, 6) is 0.187. The van der Waals surface area contributed by atoms with E-state index in [4.69, 9.17) is 9.47 Å². The van der Waals surface area contributed by atoms with E-state index in [1.165, 1.54) is 11.3 Å². The fourth-order valence-corrected chi connectivity index (χ4v) is 5.30. The Morgan fingerprint density at radius 1 is 1.23 bits per heavy atom. The quantitative estimate of drug-likeness (QED) is 0.321. The van der Waals surface area contributed by atoms with Crippen LogP contribution in [-0.4, -0.2) is 23.8 Å². The van der Waals surface area contributed by atoms with E-state index in [-0.39, 0.29) is 12.2 Å². The molecule has 35 heavy (non-hydrogen) atoms. The minimum absolute atomic E-state index is 0.211. The van der Waals surface area contributed by atoms with Crippen molar-refractivity contribution in [2.45, 2.75) is 26.8 Å². The molecular formula is C27H25BrN2O4S. The van der Waals surface area contributed by atoms with Crippen LogP contribution in [0.15, 0.2) is 80.6 Å². The molecule has 0 amide bonds. The van der Waals surface area contributed by atoms with Crippen molar-refractivity contribution in [3.63, 3.8) is 0 Å². The van der Waals surface area contributed by atoms with Crippen LogP contribution in [-0.2, 0) is 9.53 Å². The first-order valence-electron chi connectivity index (χ1n) is 11.1. The van der Waals surface area contributed by atoms with Crippen LogP contribution in [0.25, 0.3) is 6.08 Å². The standard InChI is InChI=1S/C27H25BrN2O4S/c1-5-13-34-20-11-9-19(10-12-20)24-23(26(32)33-6-2)17(4)29-27-30(24)25(31)22(35-27)15-18-8-7-16(3)21(28)14-18/h5,7-12,14-15,24H,1,6,13H2,2-4H3. The summed E-state index contributed by atoms with van der Waals surface area (Å²) < 4.78 is 14.0. The van der Waals surface area contributed by atoms with Crippen LogP contribution >= 0.6 is 27.3 Å². The van der Waals surface area contributed by atoms with Gasteiger partial charge in [-0.05, 0) is 61.7 Å². The maximum absolute atomic E-state index is 13.7. The van der Waals surface area contributed by atoms with E-state index in [1.807, 2.05) is 55.5 Å². The number of hydrogen-bond donors (Lipinski definition) is 0. The average Bonchev–Trinajstić information content (AvgIpc) is 3.14. The third-order valence-corrected chi connectivity index (χ3v) is 7.41. The smallest absolute Gasteiger partial charge is 0.338 e. The third-order valence-electron chi connectivity index (χ3n) is 5.57. The second-order valence-electron chi connectivity index (χ2n) is 7.98. The minimum atomic E-state index is -0.661. The molecule has 8 heteroatoms. The lowest BCUT2D eigenvalue weighted by Crippen LogP contribution is -2.39. The zero-order valence-electron chi connectivity index (χ0n) is 19.7. The number of esters is 1. The van der Waals surface area contributed by atoms with E-state index in [0.717, 1.165) is 21.2 Å². The summed E-state index contributed by atoms with van der Waals surface area (Å²) >= 11 is 4.85. The normalized spacial score (nSPS) is 15.4. The van der Waals surface area contributed by atoms with Gasteiger partial charge in [0, 0.05) is 4.47 Å². The topological polar surface area (TPSA) is 69.9 Å². The van der Waals surface area contributed by atoms with E-state index >= 15 is 0 Å². The largest absolute Gasteiger partial charge is 0.490 e. The number of ether oxygens (including phenoxy) is 2. The maximum Gasteiger partial charge on any atom is 0.338 e. The molecule has 3 aromatic rings. The summed E-state index contributed by atoms with van der Waals surface area (Å²) in [4.78, 5) is 31.8. The first-order chi connectivity index (χ1) is 16.8. The van der Waals surface area contributed by atoms with Gasteiger partial charge in [0.2, 0.25) is 0 Å². The summed E-state index contributed by atoms with van der Waals surface area (Å²) in [6.45, 7) is 9.81. The molecule has 1 atom stereocenters. The second-order valence-corrected chi connectivity index (χ2v) is 9.84. The Morgan fingerprint density at radius 2 is 1.97 bits per heavy atom. The van der Waals surface area contributed by atoms with Gasteiger partial charge >= 0.3 is 5.97 Å². The number of aromatic nitrogens is 1. The zero-order chi connectivity index (χ0) is 25.1. The molecular weight excluding hydrogens is 528 g/mol. The first kappa shape index (κ1) is 24.9. The highest BCUT2D eigenvalue weighted by molar-refractivity contribution is 9.10. The summed E-state index contributed by atoms with van der Waals surface area (Å²) in [6.07, 6.45) is 3.52. The monoisotopic (exact) mass is 552 g/mol. The number of nitrogens with zero attached hydrogens (tertiary/aromatic N) is 2. The molecule has 1 aromatic heterocycles. The molecule has 0 saturated carbocycles. The maximum atomic E-state index is 13.7. The molecule has 0 fully saturated rings. The van der Waals surface area contributed by atoms with Crippen LogP contribution < -0.4 is 19.6 Å². The van der Waals surface area contributed by atoms with Crippen molar-refractivity contribution in [2.75, 3.05) is 13.2 Å². The number of rotatable bonds is 7. The van der Waals surface area contributed by atoms with Gasteiger partial charge in [0.25, 0.3) is 5.56 Å². The van der Waals surface area contributed by atoms with Gasteiger partial charge in [-0.15, -0.1) is 0 Å². The number of fused-ring (bicyclic) bond motifs is 1. The van der Waals surface area contributed by atoms with Gasteiger partial charge in [-0.1, -0.05) is 64.2 Å². The molecule has 1 aliphatic rings. The van der Waals surface area contributed by atoms with Crippen molar-refractivity contribution >= 4 is 39.3 Å². The SMILES string of the molecule is C=CCOc1ccc(C2C(C(=O)OCC)=C(C)N=c3sc(=Cc4ccc(C)c(Br)c4)c(=O)n32)cc1. The highest BCUT2D eigenvalue weighted by atomic mass is 79.9. The van der Waals surface area contributed by atoms with Gasteiger partial charge in [0.05, 0.1) is 28.5 Å². The lowest BCUT2D eigenvalue weighted by molar-refractivity contribution is -0.139. The van der Waals surface area contributed by atoms with Crippen molar-refractivity contribution in [3.8, 4) is 5.75 Å². The van der Waals surface area contributed by atoms with Crippen LogP contribution in [0.4, 0.5) is 0 Å². The van der Waals surface area contributed by atoms with Gasteiger partial charge in [0.15, 0.2) is 4.80 Å². The molecule has 0 radical (unpaired) electrons.